The summed E-state index contributed by atoms with van der Waals surface area (Å²) >= 11 is 0. The molecule has 0 bridgehead atoms. The molecule has 3 aromatic rings. The van der Waals surface area contributed by atoms with Gasteiger partial charge in [-0.05, 0) is 54.8 Å². The highest BCUT2D eigenvalue weighted by molar-refractivity contribution is 5.63. The molecule has 0 aliphatic heterocycles. The zero-order valence-electron chi connectivity index (χ0n) is 16.3. The Labute approximate surface area is 172 Å². The van der Waals surface area contributed by atoms with Gasteiger partial charge in [0.05, 0.1) is 11.6 Å². The fraction of sp³-hybridized carbons (Fsp3) is 0.227. The third-order valence-corrected chi connectivity index (χ3v) is 4.40. The highest BCUT2D eigenvalue weighted by Crippen LogP contribution is 2.35. The predicted octanol–water partition coefficient (Wildman–Crippen LogP) is 6.20. The number of anilines is 4. The molecule has 0 saturated heterocycles. The summed E-state index contributed by atoms with van der Waals surface area (Å²) in [4.78, 5) is 7.81. The van der Waals surface area contributed by atoms with Gasteiger partial charge in [0.1, 0.15) is 11.4 Å². The number of aromatic nitrogens is 2. The van der Waals surface area contributed by atoms with E-state index in [0.717, 1.165) is 31.0 Å². The lowest BCUT2D eigenvalue weighted by Crippen LogP contribution is -2.12. The van der Waals surface area contributed by atoms with Crippen molar-refractivity contribution in [3.8, 4) is 6.07 Å². The molecular formula is C22H20F3N5. The molecule has 1 heterocycles. The summed E-state index contributed by atoms with van der Waals surface area (Å²) in [6, 6.07) is 15.7. The van der Waals surface area contributed by atoms with E-state index >= 15 is 0 Å². The van der Waals surface area contributed by atoms with E-state index in [1.807, 2.05) is 18.2 Å². The Morgan fingerprint density at radius 2 is 1.60 bits per heavy atom. The Hall–Kier alpha value is -3.60. The maximum atomic E-state index is 13.4. The highest BCUT2D eigenvalue weighted by atomic mass is 19.4. The molecule has 0 amide bonds. The van der Waals surface area contributed by atoms with Crippen LogP contribution in [-0.2, 0) is 12.6 Å². The SMILES string of the molecule is CCCCc1ccc(Nc2nc(Nc3ccc(C#N)cc3)ncc2C(F)(F)F)cc1. The Balaban J connectivity index is 1.84. The van der Waals surface area contributed by atoms with Crippen LogP contribution in [0.15, 0.2) is 54.7 Å². The van der Waals surface area contributed by atoms with Crippen LogP contribution < -0.4 is 10.6 Å². The van der Waals surface area contributed by atoms with Gasteiger partial charge in [0.25, 0.3) is 0 Å². The van der Waals surface area contributed by atoms with E-state index < -0.39 is 11.7 Å². The average molecular weight is 411 g/mol. The van der Waals surface area contributed by atoms with E-state index in [4.69, 9.17) is 5.26 Å². The fourth-order valence-corrected chi connectivity index (χ4v) is 2.77. The van der Waals surface area contributed by atoms with E-state index in [1.54, 1.807) is 36.4 Å². The molecule has 0 radical (unpaired) electrons. The molecule has 0 unspecified atom stereocenters. The van der Waals surface area contributed by atoms with Crippen molar-refractivity contribution in [3.63, 3.8) is 0 Å². The molecule has 2 N–H and O–H groups in total. The van der Waals surface area contributed by atoms with E-state index in [0.29, 0.717) is 16.9 Å². The number of nitrogens with zero attached hydrogens (tertiary/aromatic N) is 3. The van der Waals surface area contributed by atoms with Crippen LogP contribution in [0, 0.1) is 11.3 Å². The summed E-state index contributed by atoms with van der Waals surface area (Å²) in [6.07, 6.45) is -0.795. The van der Waals surface area contributed by atoms with Crippen molar-refractivity contribution in [1.82, 2.24) is 9.97 Å². The monoisotopic (exact) mass is 411 g/mol. The number of halogens is 3. The van der Waals surface area contributed by atoms with Gasteiger partial charge in [-0.25, -0.2) is 4.98 Å². The maximum absolute atomic E-state index is 13.4. The highest BCUT2D eigenvalue weighted by Gasteiger charge is 2.35. The number of hydrogen-bond acceptors (Lipinski definition) is 5. The Bertz CT molecular complexity index is 1020. The second-order valence-electron chi connectivity index (χ2n) is 6.69. The number of unbranched alkanes of at least 4 members (excludes halogenated alkanes) is 1. The van der Waals surface area contributed by atoms with Gasteiger partial charge >= 0.3 is 6.18 Å². The summed E-state index contributed by atoms with van der Waals surface area (Å²) in [5.41, 5.74) is 1.70. The molecule has 0 saturated carbocycles. The Morgan fingerprint density at radius 1 is 0.967 bits per heavy atom. The molecule has 5 nitrogen and oxygen atoms in total. The van der Waals surface area contributed by atoms with Crippen LogP contribution in [0.4, 0.5) is 36.3 Å². The summed E-state index contributed by atoms with van der Waals surface area (Å²) in [5.74, 6) is -0.329. The zero-order chi connectivity index (χ0) is 21.6. The molecule has 0 aliphatic rings. The van der Waals surface area contributed by atoms with Crippen molar-refractivity contribution in [2.45, 2.75) is 32.4 Å². The van der Waals surface area contributed by atoms with Gasteiger partial charge < -0.3 is 10.6 Å². The largest absolute Gasteiger partial charge is 0.421 e. The second-order valence-corrected chi connectivity index (χ2v) is 6.69. The van der Waals surface area contributed by atoms with Gasteiger partial charge in [-0.3, -0.25) is 0 Å². The van der Waals surface area contributed by atoms with Crippen LogP contribution in [0.1, 0.15) is 36.5 Å². The van der Waals surface area contributed by atoms with Crippen LogP contribution in [0.25, 0.3) is 0 Å². The van der Waals surface area contributed by atoms with E-state index in [9.17, 15) is 13.2 Å². The van der Waals surface area contributed by atoms with E-state index in [1.165, 1.54) is 0 Å². The molecular weight excluding hydrogens is 391 g/mol. The summed E-state index contributed by atoms with van der Waals surface area (Å²) in [5, 5.41) is 14.5. The number of benzene rings is 2. The topological polar surface area (TPSA) is 73.6 Å². The molecule has 1 aromatic heterocycles. The molecule has 0 aliphatic carbocycles. The summed E-state index contributed by atoms with van der Waals surface area (Å²) < 4.78 is 40.3. The van der Waals surface area contributed by atoms with Gasteiger partial charge in [0.15, 0.2) is 0 Å². The normalized spacial score (nSPS) is 11.0. The van der Waals surface area contributed by atoms with Crippen molar-refractivity contribution in [2.24, 2.45) is 0 Å². The third-order valence-electron chi connectivity index (χ3n) is 4.40. The molecule has 0 atom stereocenters. The quantitative estimate of drug-likeness (QED) is 0.484. The predicted molar refractivity (Wildman–Crippen MR) is 110 cm³/mol. The van der Waals surface area contributed by atoms with Gasteiger partial charge in [0.2, 0.25) is 5.95 Å². The van der Waals surface area contributed by atoms with E-state index in [2.05, 4.69) is 27.5 Å². The number of hydrogen-bond donors (Lipinski definition) is 2. The first-order chi connectivity index (χ1) is 14.4. The van der Waals surface area contributed by atoms with Crippen molar-refractivity contribution < 1.29 is 13.2 Å². The minimum atomic E-state index is -4.60. The zero-order valence-corrected chi connectivity index (χ0v) is 16.3. The molecule has 3 rings (SSSR count). The van der Waals surface area contributed by atoms with Crippen LogP contribution >= 0.6 is 0 Å². The average Bonchev–Trinajstić information content (AvgIpc) is 2.73. The van der Waals surface area contributed by atoms with Gasteiger partial charge in [0, 0.05) is 17.6 Å². The van der Waals surface area contributed by atoms with Crippen molar-refractivity contribution in [2.75, 3.05) is 10.6 Å². The standard InChI is InChI=1S/C22H20F3N5/c1-2-3-4-15-5-9-17(10-6-15)28-20-19(22(23,24)25)14-27-21(30-20)29-18-11-7-16(13-26)8-12-18/h5-12,14H,2-4H2,1H3,(H2,27,28,29,30). The van der Waals surface area contributed by atoms with Gasteiger partial charge in [-0.1, -0.05) is 25.5 Å². The fourth-order valence-electron chi connectivity index (χ4n) is 2.77. The van der Waals surface area contributed by atoms with Crippen molar-refractivity contribution >= 4 is 23.1 Å². The number of aryl methyl sites for hydroxylation is 1. The summed E-state index contributed by atoms with van der Waals surface area (Å²) in [6.45, 7) is 2.10. The molecule has 154 valence electrons. The lowest BCUT2D eigenvalue weighted by Gasteiger charge is -2.15. The minimum Gasteiger partial charge on any atom is -0.340 e. The van der Waals surface area contributed by atoms with E-state index in [-0.39, 0.29) is 11.8 Å². The van der Waals surface area contributed by atoms with Crippen LogP contribution in [-0.4, -0.2) is 9.97 Å². The minimum absolute atomic E-state index is 0.00905. The smallest absolute Gasteiger partial charge is 0.340 e. The van der Waals surface area contributed by atoms with Gasteiger partial charge in [-0.2, -0.15) is 23.4 Å². The molecule has 30 heavy (non-hydrogen) atoms. The van der Waals surface area contributed by atoms with Crippen LogP contribution in [0.5, 0.6) is 0 Å². The molecule has 0 spiro atoms. The van der Waals surface area contributed by atoms with Crippen LogP contribution in [0.3, 0.4) is 0 Å². The van der Waals surface area contributed by atoms with Crippen molar-refractivity contribution in [1.29, 1.82) is 5.26 Å². The number of rotatable bonds is 7. The van der Waals surface area contributed by atoms with Crippen molar-refractivity contribution in [3.05, 3.63) is 71.4 Å². The lowest BCUT2D eigenvalue weighted by atomic mass is 10.1. The second kappa shape index (κ2) is 9.27. The number of nitriles is 1. The molecule has 0 fully saturated rings. The first-order valence-corrected chi connectivity index (χ1v) is 9.46. The Kier molecular flexibility index (Phi) is 6.52. The lowest BCUT2D eigenvalue weighted by molar-refractivity contribution is -0.137. The molecule has 8 heteroatoms. The summed E-state index contributed by atoms with van der Waals surface area (Å²) in [7, 11) is 0. The third kappa shape index (κ3) is 5.47. The number of alkyl halides is 3. The first-order valence-electron chi connectivity index (χ1n) is 9.46. The maximum Gasteiger partial charge on any atom is 0.421 e. The van der Waals surface area contributed by atoms with Gasteiger partial charge in [-0.15, -0.1) is 0 Å². The number of nitrogens with one attached hydrogen (secondary N) is 2. The van der Waals surface area contributed by atoms with Crippen LogP contribution in [0.2, 0.25) is 0 Å². The first kappa shape index (κ1) is 21.1. The molecule has 2 aromatic carbocycles. The Morgan fingerprint density at radius 3 is 2.20 bits per heavy atom.